The largest absolute Gasteiger partial charge is 0.313 e. The van der Waals surface area contributed by atoms with E-state index < -0.39 is 15.8 Å². The summed E-state index contributed by atoms with van der Waals surface area (Å²) in [5, 5.41) is 3.25. The Bertz CT molecular complexity index is 548. The van der Waals surface area contributed by atoms with E-state index in [1.165, 1.54) is 6.07 Å². The molecule has 1 aromatic rings. The van der Waals surface area contributed by atoms with E-state index in [-0.39, 0.29) is 34.9 Å². The molecule has 2 N–H and O–H groups in total. The van der Waals surface area contributed by atoms with Gasteiger partial charge in [0.05, 0.1) is 5.02 Å². The van der Waals surface area contributed by atoms with Crippen LogP contribution in [0.3, 0.4) is 0 Å². The Labute approximate surface area is 129 Å². The lowest BCUT2D eigenvalue weighted by Gasteiger charge is -2.23. The molecule has 1 heterocycles. The van der Waals surface area contributed by atoms with Gasteiger partial charge in [0.2, 0.25) is 10.0 Å². The van der Waals surface area contributed by atoms with Gasteiger partial charge in [-0.15, -0.1) is 12.4 Å². The van der Waals surface area contributed by atoms with Crippen LogP contribution in [0.2, 0.25) is 5.02 Å². The predicted octanol–water partition coefficient (Wildman–Crippen LogP) is 2.32. The molecular formula is C12H17Cl2FN2O2S. The highest BCUT2D eigenvalue weighted by atomic mass is 35.5. The normalized spacial score (nSPS) is 19.4. The molecule has 0 bridgehead atoms. The summed E-state index contributed by atoms with van der Waals surface area (Å²) >= 11 is 5.80. The Kier molecular flexibility index (Phi) is 6.68. The van der Waals surface area contributed by atoms with Crippen molar-refractivity contribution in [3.05, 3.63) is 29.0 Å². The Hall–Kier alpha value is -0.400. The van der Waals surface area contributed by atoms with Crippen LogP contribution in [0.15, 0.2) is 23.1 Å². The summed E-state index contributed by atoms with van der Waals surface area (Å²) in [6.07, 6.45) is 3.12. The molecule has 0 spiro atoms. The van der Waals surface area contributed by atoms with Gasteiger partial charge in [-0.2, -0.15) is 0 Å². The molecule has 1 unspecified atom stereocenters. The summed E-state index contributed by atoms with van der Waals surface area (Å²) in [5.74, 6) is -0.624. The van der Waals surface area contributed by atoms with Gasteiger partial charge in [0.15, 0.2) is 0 Å². The van der Waals surface area contributed by atoms with E-state index in [0.717, 1.165) is 37.9 Å². The third kappa shape index (κ3) is 4.56. The van der Waals surface area contributed by atoms with Crippen LogP contribution in [-0.2, 0) is 10.0 Å². The number of hydrogen-bond acceptors (Lipinski definition) is 3. The summed E-state index contributed by atoms with van der Waals surface area (Å²) in [5.41, 5.74) is 0. The first-order chi connectivity index (χ1) is 8.99. The molecule has 0 saturated carbocycles. The molecule has 2 rings (SSSR count). The van der Waals surface area contributed by atoms with Crippen LogP contribution in [0.25, 0.3) is 0 Å². The summed E-state index contributed by atoms with van der Waals surface area (Å²) < 4.78 is 39.7. The minimum atomic E-state index is -3.77. The molecule has 1 aliphatic rings. The fourth-order valence-electron chi connectivity index (χ4n) is 2.07. The Morgan fingerprint density at radius 3 is 2.80 bits per heavy atom. The molecule has 0 amide bonds. The Balaban J connectivity index is 0.00000200. The van der Waals surface area contributed by atoms with E-state index in [9.17, 15) is 12.8 Å². The number of benzene rings is 1. The van der Waals surface area contributed by atoms with Crippen LogP contribution in [0.5, 0.6) is 0 Å². The van der Waals surface area contributed by atoms with Crippen molar-refractivity contribution in [3.8, 4) is 0 Å². The summed E-state index contributed by atoms with van der Waals surface area (Å²) in [7, 11) is -3.77. The molecule has 0 radical (unpaired) electrons. The lowest BCUT2D eigenvalue weighted by molar-refractivity contribution is 0.398. The first-order valence-corrected chi connectivity index (χ1v) is 8.03. The highest BCUT2D eigenvalue weighted by Crippen LogP contribution is 2.22. The molecule has 4 nitrogen and oxygen atoms in total. The molecule has 1 aliphatic heterocycles. The molecule has 114 valence electrons. The van der Waals surface area contributed by atoms with Crippen LogP contribution in [0.1, 0.15) is 19.3 Å². The number of halogens is 3. The third-order valence-electron chi connectivity index (χ3n) is 3.11. The smallest absolute Gasteiger partial charge is 0.242 e. The van der Waals surface area contributed by atoms with Gasteiger partial charge in [0, 0.05) is 12.6 Å². The van der Waals surface area contributed by atoms with E-state index in [2.05, 4.69) is 10.0 Å². The molecule has 1 saturated heterocycles. The minimum absolute atomic E-state index is 0. The van der Waals surface area contributed by atoms with Crippen LogP contribution in [-0.4, -0.2) is 27.5 Å². The van der Waals surface area contributed by atoms with Crippen LogP contribution in [0, 0.1) is 5.82 Å². The SMILES string of the molecule is Cl.O=S(=O)(NCC1CCCCN1)c1cc(F)ccc1Cl. The molecule has 20 heavy (non-hydrogen) atoms. The highest BCUT2D eigenvalue weighted by molar-refractivity contribution is 7.89. The van der Waals surface area contributed by atoms with Crippen LogP contribution >= 0.6 is 24.0 Å². The molecule has 1 atom stereocenters. The van der Waals surface area contributed by atoms with Gasteiger partial charge in [-0.1, -0.05) is 18.0 Å². The average Bonchev–Trinajstić information content (AvgIpc) is 2.40. The summed E-state index contributed by atoms with van der Waals surface area (Å²) in [4.78, 5) is -0.218. The second kappa shape index (κ2) is 7.56. The Morgan fingerprint density at radius 2 is 2.15 bits per heavy atom. The first-order valence-electron chi connectivity index (χ1n) is 6.17. The van der Waals surface area contributed by atoms with Gasteiger partial charge < -0.3 is 5.32 Å². The topological polar surface area (TPSA) is 58.2 Å². The van der Waals surface area contributed by atoms with Gasteiger partial charge in [0.1, 0.15) is 10.7 Å². The molecule has 1 aromatic carbocycles. The lowest BCUT2D eigenvalue weighted by Crippen LogP contribution is -2.43. The first kappa shape index (κ1) is 17.7. The van der Waals surface area contributed by atoms with Crippen LogP contribution < -0.4 is 10.0 Å². The molecule has 1 fully saturated rings. The van der Waals surface area contributed by atoms with Crippen molar-refractivity contribution in [1.29, 1.82) is 0 Å². The van der Waals surface area contributed by atoms with Crippen molar-refractivity contribution in [3.63, 3.8) is 0 Å². The van der Waals surface area contributed by atoms with Crippen molar-refractivity contribution in [2.45, 2.75) is 30.2 Å². The van der Waals surface area contributed by atoms with Crippen molar-refractivity contribution in [2.24, 2.45) is 0 Å². The number of rotatable bonds is 4. The standard InChI is InChI=1S/C12H16ClFN2O2S.ClH/c13-11-5-4-9(14)7-12(11)19(17,18)16-8-10-3-1-2-6-15-10;/h4-5,7,10,15-16H,1-3,6,8H2;1H. The predicted molar refractivity (Wildman–Crippen MR) is 79.5 cm³/mol. The second-order valence-electron chi connectivity index (χ2n) is 4.57. The average molecular weight is 343 g/mol. The van der Waals surface area contributed by atoms with Crippen molar-refractivity contribution < 1.29 is 12.8 Å². The molecule has 0 aliphatic carbocycles. The van der Waals surface area contributed by atoms with E-state index in [4.69, 9.17) is 11.6 Å². The number of sulfonamides is 1. The zero-order chi connectivity index (χ0) is 13.9. The zero-order valence-electron chi connectivity index (χ0n) is 10.7. The number of piperidine rings is 1. The lowest BCUT2D eigenvalue weighted by atomic mass is 10.1. The fourth-order valence-corrected chi connectivity index (χ4v) is 3.66. The maximum absolute atomic E-state index is 13.1. The van der Waals surface area contributed by atoms with Crippen molar-refractivity contribution in [2.75, 3.05) is 13.1 Å². The van der Waals surface area contributed by atoms with E-state index in [1.54, 1.807) is 0 Å². The van der Waals surface area contributed by atoms with Crippen molar-refractivity contribution >= 4 is 34.0 Å². The van der Waals surface area contributed by atoms with E-state index >= 15 is 0 Å². The number of nitrogens with one attached hydrogen (secondary N) is 2. The van der Waals surface area contributed by atoms with Gasteiger partial charge >= 0.3 is 0 Å². The maximum atomic E-state index is 13.1. The highest BCUT2D eigenvalue weighted by Gasteiger charge is 2.21. The van der Waals surface area contributed by atoms with Gasteiger partial charge in [-0.3, -0.25) is 0 Å². The third-order valence-corrected chi connectivity index (χ3v) is 5.02. The molecule has 0 aromatic heterocycles. The summed E-state index contributed by atoms with van der Waals surface area (Å²) in [6.45, 7) is 1.18. The Morgan fingerprint density at radius 1 is 1.40 bits per heavy atom. The quantitative estimate of drug-likeness (QED) is 0.882. The monoisotopic (exact) mass is 342 g/mol. The second-order valence-corrected chi connectivity index (χ2v) is 6.72. The molecular weight excluding hydrogens is 326 g/mol. The van der Waals surface area contributed by atoms with E-state index in [1.807, 2.05) is 0 Å². The summed E-state index contributed by atoms with van der Waals surface area (Å²) in [6, 6.07) is 3.42. The number of hydrogen-bond donors (Lipinski definition) is 2. The maximum Gasteiger partial charge on any atom is 0.242 e. The van der Waals surface area contributed by atoms with Gasteiger partial charge in [-0.25, -0.2) is 17.5 Å². The van der Waals surface area contributed by atoms with Crippen LogP contribution in [0.4, 0.5) is 4.39 Å². The van der Waals surface area contributed by atoms with Gasteiger partial charge in [-0.05, 0) is 37.6 Å². The molecule has 8 heteroatoms. The van der Waals surface area contributed by atoms with Crippen molar-refractivity contribution in [1.82, 2.24) is 10.0 Å². The zero-order valence-corrected chi connectivity index (χ0v) is 13.1. The van der Waals surface area contributed by atoms with E-state index in [0.29, 0.717) is 0 Å². The minimum Gasteiger partial charge on any atom is -0.313 e. The fraction of sp³-hybridized carbons (Fsp3) is 0.500. The van der Waals surface area contributed by atoms with Gasteiger partial charge in [0.25, 0.3) is 0 Å².